The Hall–Kier alpha value is -0.610. The van der Waals surface area contributed by atoms with E-state index in [0.717, 1.165) is 45.1 Å². The Kier molecular flexibility index (Phi) is 3.82. The SMILES string of the molecule is CCC[C@H](N)C(=O)N1CCN(C2CC2)CC1. The molecule has 92 valence electrons. The Balaban J connectivity index is 1.76. The molecule has 0 spiro atoms. The number of hydrogen-bond acceptors (Lipinski definition) is 3. The second-order valence-electron chi connectivity index (χ2n) is 4.99. The van der Waals surface area contributed by atoms with Gasteiger partial charge in [0, 0.05) is 32.2 Å². The van der Waals surface area contributed by atoms with Crippen molar-refractivity contribution < 1.29 is 4.79 Å². The average Bonchev–Trinajstić information content (AvgIpc) is 3.12. The number of carbonyl (C=O) groups excluding carboxylic acids is 1. The zero-order valence-electron chi connectivity index (χ0n) is 10.2. The van der Waals surface area contributed by atoms with E-state index in [1.807, 2.05) is 4.90 Å². The lowest BCUT2D eigenvalue weighted by Gasteiger charge is -2.36. The lowest BCUT2D eigenvalue weighted by molar-refractivity contribution is -0.134. The van der Waals surface area contributed by atoms with Gasteiger partial charge in [0.25, 0.3) is 0 Å². The molecule has 1 saturated carbocycles. The zero-order valence-corrected chi connectivity index (χ0v) is 10.2. The zero-order chi connectivity index (χ0) is 11.5. The van der Waals surface area contributed by atoms with Crippen molar-refractivity contribution in [3.05, 3.63) is 0 Å². The Morgan fingerprint density at radius 3 is 2.44 bits per heavy atom. The van der Waals surface area contributed by atoms with E-state index in [-0.39, 0.29) is 11.9 Å². The van der Waals surface area contributed by atoms with Crippen molar-refractivity contribution in [2.75, 3.05) is 26.2 Å². The molecule has 0 aromatic heterocycles. The summed E-state index contributed by atoms with van der Waals surface area (Å²) in [7, 11) is 0. The van der Waals surface area contributed by atoms with E-state index >= 15 is 0 Å². The largest absolute Gasteiger partial charge is 0.339 e. The summed E-state index contributed by atoms with van der Waals surface area (Å²) in [6.07, 6.45) is 4.49. The minimum atomic E-state index is -0.280. The van der Waals surface area contributed by atoms with E-state index < -0.39 is 0 Å². The van der Waals surface area contributed by atoms with Crippen LogP contribution in [0.1, 0.15) is 32.6 Å². The van der Waals surface area contributed by atoms with E-state index in [9.17, 15) is 4.79 Å². The van der Waals surface area contributed by atoms with Gasteiger partial charge in [0.2, 0.25) is 5.91 Å². The van der Waals surface area contributed by atoms with Crippen LogP contribution in [0.2, 0.25) is 0 Å². The molecule has 1 amide bonds. The maximum Gasteiger partial charge on any atom is 0.239 e. The Morgan fingerprint density at radius 2 is 1.94 bits per heavy atom. The van der Waals surface area contributed by atoms with Gasteiger partial charge in [-0.1, -0.05) is 13.3 Å². The predicted octanol–water partition coefficient (Wildman–Crippen LogP) is 0.420. The van der Waals surface area contributed by atoms with Gasteiger partial charge in [-0.3, -0.25) is 9.69 Å². The molecular weight excluding hydrogens is 202 g/mol. The summed E-state index contributed by atoms with van der Waals surface area (Å²) in [5.74, 6) is 0.150. The van der Waals surface area contributed by atoms with E-state index in [0.29, 0.717) is 0 Å². The fourth-order valence-electron chi connectivity index (χ4n) is 2.42. The molecule has 1 saturated heterocycles. The summed E-state index contributed by atoms with van der Waals surface area (Å²) in [6, 6.07) is 0.541. The topological polar surface area (TPSA) is 49.6 Å². The molecule has 1 aliphatic heterocycles. The second-order valence-corrected chi connectivity index (χ2v) is 4.99. The maximum absolute atomic E-state index is 12.0. The molecule has 0 aromatic rings. The quantitative estimate of drug-likeness (QED) is 0.754. The summed E-state index contributed by atoms with van der Waals surface area (Å²) < 4.78 is 0. The first-order chi connectivity index (χ1) is 7.72. The smallest absolute Gasteiger partial charge is 0.239 e. The van der Waals surface area contributed by atoms with Crippen LogP contribution >= 0.6 is 0 Å². The van der Waals surface area contributed by atoms with Crippen LogP contribution in [0.25, 0.3) is 0 Å². The van der Waals surface area contributed by atoms with Crippen LogP contribution < -0.4 is 5.73 Å². The van der Waals surface area contributed by atoms with Crippen LogP contribution in [0, 0.1) is 0 Å². The Bertz CT molecular complexity index is 245. The normalized spacial score (nSPS) is 24.5. The van der Waals surface area contributed by atoms with Gasteiger partial charge < -0.3 is 10.6 Å². The molecule has 2 rings (SSSR count). The molecule has 1 aliphatic carbocycles. The molecule has 0 radical (unpaired) electrons. The lowest BCUT2D eigenvalue weighted by Crippen LogP contribution is -2.53. The summed E-state index contributed by atoms with van der Waals surface area (Å²) in [5.41, 5.74) is 5.86. The maximum atomic E-state index is 12.0. The third-order valence-corrected chi connectivity index (χ3v) is 3.61. The molecule has 16 heavy (non-hydrogen) atoms. The molecule has 2 fully saturated rings. The van der Waals surface area contributed by atoms with Gasteiger partial charge in [0.15, 0.2) is 0 Å². The Morgan fingerprint density at radius 1 is 1.31 bits per heavy atom. The van der Waals surface area contributed by atoms with Crippen LogP contribution in [0.15, 0.2) is 0 Å². The molecule has 4 heteroatoms. The van der Waals surface area contributed by atoms with Crippen molar-refractivity contribution in [1.82, 2.24) is 9.80 Å². The van der Waals surface area contributed by atoms with Crippen LogP contribution in [0.4, 0.5) is 0 Å². The Labute approximate surface area is 97.8 Å². The van der Waals surface area contributed by atoms with Crippen LogP contribution in [0.3, 0.4) is 0 Å². The summed E-state index contributed by atoms with van der Waals surface area (Å²) in [5, 5.41) is 0. The van der Waals surface area contributed by atoms with Crippen molar-refractivity contribution in [1.29, 1.82) is 0 Å². The second kappa shape index (κ2) is 5.15. The molecule has 0 unspecified atom stereocenters. The highest BCUT2D eigenvalue weighted by atomic mass is 16.2. The number of nitrogens with zero attached hydrogens (tertiary/aromatic N) is 2. The molecule has 2 N–H and O–H groups in total. The highest BCUT2D eigenvalue weighted by molar-refractivity contribution is 5.81. The molecular formula is C12H23N3O. The van der Waals surface area contributed by atoms with Crippen LogP contribution in [-0.2, 0) is 4.79 Å². The van der Waals surface area contributed by atoms with Gasteiger partial charge in [0.1, 0.15) is 0 Å². The first-order valence-corrected chi connectivity index (χ1v) is 6.50. The van der Waals surface area contributed by atoms with Gasteiger partial charge in [-0.05, 0) is 19.3 Å². The van der Waals surface area contributed by atoms with E-state index in [2.05, 4.69) is 11.8 Å². The van der Waals surface area contributed by atoms with Gasteiger partial charge in [-0.2, -0.15) is 0 Å². The van der Waals surface area contributed by atoms with Crippen molar-refractivity contribution in [3.63, 3.8) is 0 Å². The third kappa shape index (κ3) is 2.74. The number of piperazine rings is 1. The predicted molar refractivity (Wildman–Crippen MR) is 64.1 cm³/mol. The van der Waals surface area contributed by atoms with Crippen molar-refractivity contribution in [2.45, 2.75) is 44.7 Å². The van der Waals surface area contributed by atoms with E-state index in [4.69, 9.17) is 5.73 Å². The monoisotopic (exact) mass is 225 g/mol. The molecule has 0 bridgehead atoms. The van der Waals surface area contributed by atoms with Gasteiger partial charge >= 0.3 is 0 Å². The average molecular weight is 225 g/mol. The minimum Gasteiger partial charge on any atom is -0.339 e. The first kappa shape index (κ1) is 11.9. The minimum absolute atomic E-state index is 0.150. The van der Waals surface area contributed by atoms with Gasteiger partial charge in [0.05, 0.1) is 6.04 Å². The summed E-state index contributed by atoms with van der Waals surface area (Å²) in [4.78, 5) is 16.4. The first-order valence-electron chi connectivity index (χ1n) is 6.50. The molecule has 1 atom stereocenters. The van der Waals surface area contributed by atoms with Crippen LogP contribution in [-0.4, -0.2) is 54.0 Å². The van der Waals surface area contributed by atoms with Crippen molar-refractivity contribution in [3.8, 4) is 0 Å². The summed E-state index contributed by atoms with van der Waals surface area (Å²) >= 11 is 0. The molecule has 4 nitrogen and oxygen atoms in total. The number of rotatable bonds is 4. The standard InChI is InChI=1S/C12H23N3O/c1-2-3-11(13)12(16)15-8-6-14(7-9-15)10-4-5-10/h10-11H,2-9,13H2,1H3/t11-/m0/s1. The summed E-state index contributed by atoms with van der Waals surface area (Å²) in [6.45, 7) is 5.88. The highest BCUT2D eigenvalue weighted by Gasteiger charge is 2.32. The van der Waals surface area contributed by atoms with Crippen LogP contribution in [0.5, 0.6) is 0 Å². The van der Waals surface area contributed by atoms with E-state index in [1.165, 1.54) is 12.8 Å². The number of carbonyl (C=O) groups is 1. The van der Waals surface area contributed by atoms with E-state index in [1.54, 1.807) is 0 Å². The third-order valence-electron chi connectivity index (χ3n) is 3.61. The fourth-order valence-corrected chi connectivity index (χ4v) is 2.42. The van der Waals surface area contributed by atoms with Crippen molar-refractivity contribution >= 4 is 5.91 Å². The van der Waals surface area contributed by atoms with Crippen molar-refractivity contribution in [2.24, 2.45) is 5.73 Å². The highest BCUT2D eigenvalue weighted by Crippen LogP contribution is 2.27. The number of nitrogens with two attached hydrogens (primary N) is 1. The fraction of sp³-hybridized carbons (Fsp3) is 0.917. The molecule has 2 aliphatic rings. The van der Waals surface area contributed by atoms with Gasteiger partial charge in [-0.25, -0.2) is 0 Å². The van der Waals surface area contributed by atoms with Gasteiger partial charge in [-0.15, -0.1) is 0 Å². The lowest BCUT2D eigenvalue weighted by atomic mass is 10.1. The molecule has 1 heterocycles. The molecule has 0 aromatic carbocycles. The number of amides is 1. The number of hydrogen-bond donors (Lipinski definition) is 1.